The van der Waals surface area contributed by atoms with Crippen molar-refractivity contribution in [2.75, 3.05) is 7.11 Å². The first-order valence-corrected chi connectivity index (χ1v) is 6.53. The number of rotatable bonds is 6. The van der Waals surface area contributed by atoms with Crippen molar-refractivity contribution in [3.05, 3.63) is 35.6 Å². The number of methoxy groups -OCH3 is 1. The Morgan fingerprint density at radius 2 is 1.40 bits per heavy atom. The summed E-state index contributed by atoms with van der Waals surface area (Å²) < 4.78 is 134. The molecule has 0 bridgehead atoms. The zero-order valence-electron chi connectivity index (χ0n) is 12.7. The zero-order chi connectivity index (χ0) is 19.9. The highest BCUT2D eigenvalue weighted by molar-refractivity contribution is 5.24. The van der Waals surface area contributed by atoms with E-state index < -0.39 is 47.3 Å². The predicted octanol–water partition coefficient (Wildman–Crippen LogP) is 5.55. The predicted molar refractivity (Wildman–Crippen MR) is 66.3 cm³/mol. The van der Waals surface area contributed by atoms with E-state index in [-0.39, 0.29) is 0 Å². The summed E-state index contributed by atoms with van der Waals surface area (Å²) in [6.45, 7) is 0.734. The molecule has 1 atom stereocenters. The molecule has 0 N–H and O–H groups in total. The minimum Gasteiger partial charge on any atom is -0.374 e. The van der Waals surface area contributed by atoms with Gasteiger partial charge in [0.05, 0.1) is 12.0 Å². The monoisotopic (exact) mass is 386 g/mol. The van der Waals surface area contributed by atoms with E-state index in [4.69, 9.17) is 0 Å². The van der Waals surface area contributed by atoms with Crippen molar-refractivity contribution in [1.29, 1.82) is 0 Å². The highest BCUT2D eigenvalue weighted by atomic mass is 19.4. The molecule has 0 aliphatic heterocycles. The summed E-state index contributed by atoms with van der Waals surface area (Å²) in [4.78, 5) is 0. The van der Waals surface area contributed by atoms with Gasteiger partial charge in [0.1, 0.15) is 5.82 Å². The van der Waals surface area contributed by atoms with Gasteiger partial charge in [0.25, 0.3) is 0 Å². The number of alkyl halides is 9. The summed E-state index contributed by atoms with van der Waals surface area (Å²) in [5.74, 6) is -20.6. The summed E-state index contributed by atoms with van der Waals surface area (Å²) in [6.07, 6.45) is -9.15. The molecule has 0 saturated carbocycles. The lowest BCUT2D eigenvalue weighted by molar-refractivity contribution is -0.400. The minimum atomic E-state index is -6.99. The highest BCUT2D eigenvalue weighted by Crippen LogP contribution is 2.56. The van der Waals surface area contributed by atoms with Crippen LogP contribution in [-0.4, -0.2) is 31.1 Å². The summed E-state index contributed by atoms with van der Waals surface area (Å²) in [7, 11) is 0.737. The summed E-state index contributed by atoms with van der Waals surface area (Å²) in [6, 6.07) is 3.47. The van der Waals surface area contributed by atoms with Crippen LogP contribution in [0.5, 0.6) is 0 Å². The largest absolute Gasteiger partial charge is 0.460 e. The quantitative estimate of drug-likeness (QED) is 0.583. The standard InChI is InChI=1S/C14H12F10O/c1-10(25-2,8-4-3-5-9(15)6-8)7-11(16,17)12(18,19)13(20,21)14(22,23)24/h3-6H,7H2,1-2H3. The van der Waals surface area contributed by atoms with Crippen molar-refractivity contribution in [3.63, 3.8) is 0 Å². The van der Waals surface area contributed by atoms with Gasteiger partial charge in [0.15, 0.2) is 0 Å². The lowest BCUT2D eigenvalue weighted by Crippen LogP contribution is -2.62. The number of ether oxygens (including phenoxy) is 1. The molecule has 0 amide bonds. The van der Waals surface area contributed by atoms with Gasteiger partial charge in [-0.25, -0.2) is 4.39 Å². The van der Waals surface area contributed by atoms with Crippen molar-refractivity contribution in [3.8, 4) is 0 Å². The SMILES string of the molecule is COC(C)(CC(F)(F)C(F)(F)C(F)(F)C(F)(F)F)c1cccc(F)c1. The maximum Gasteiger partial charge on any atom is 0.460 e. The van der Waals surface area contributed by atoms with Crippen molar-refractivity contribution < 1.29 is 48.6 Å². The third kappa shape index (κ3) is 3.70. The maximum atomic E-state index is 13.8. The molecule has 0 aromatic heterocycles. The Morgan fingerprint density at radius 3 is 1.80 bits per heavy atom. The van der Waals surface area contributed by atoms with Crippen molar-refractivity contribution in [2.24, 2.45) is 0 Å². The van der Waals surface area contributed by atoms with E-state index in [1.807, 2.05) is 0 Å². The van der Waals surface area contributed by atoms with Crippen LogP contribution >= 0.6 is 0 Å². The van der Waals surface area contributed by atoms with E-state index in [0.29, 0.717) is 6.07 Å². The molecule has 0 fully saturated rings. The van der Waals surface area contributed by atoms with Crippen LogP contribution in [0.4, 0.5) is 43.9 Å². The molecular formula is C14H12F10O. The number of benzene rings is 1. The van der Waals surface area contributed by atoms with E-state index in [0.717, 1.165) is 32.2 Å². The molecule has 0 heterocycles. The average molecular weight is 386 g/mol. The van der Waals surface area contributed by atoms with E-state index >= 15 is 0 Å². The molecule has 1 aromatic carbocycles. The molecule has 0 aliphatic carbocycles. The van der Waals surface area contributed by atoms with Crippen LogP contribution in [0.15, 0.2) is 24.3 Å². The molecule has 0 radical (unpaired) electrons. The van der Waals surface area contributed by atoms with Crippen LogP contribution in [0.1, 0.15) is 18.9 Å². The minimum absolute atomic E-state index is 0.444. The van der Waals surface area contributed by atoms with Crippen molar-refractivity contribution in [2.45, 2.75) is 42.9 Å². The van der Waals surface area contributed by atoms with Crippen LogP contribution < -0.4 is 0 Å². The first kappa shape index (κ1) is 21.5. The van der Waals surface area contributed by atoms with Gasteiger partial charge in [-0.1, -0.05) is 12.1 Å². The second-order valence-electron chi connectivity index (χ2n) is 5.47. The Kier molecular flexibility index (Phi) is 5.45. The Balaban J connectivity index is 3.33. The van der Waals surface area contributed by atoms with Gasteiger partial charge >= 0.3 is 23.9 Å². The lowest BCUT2D eigenvalue weighted by Gasteiger charge is -2.38. The summed E-state index contributed by atoms with van der Waals surface area (Å²) in [5, 5.41) is 0. The molecule has 144 valence electrons. The second-order valence-corrected chi connectivity index (χ2v) is 5.47. The maximum absolute atomic E-state index is 13.8. The molecule has 1 unspecified atom stereocenters. The van der Waals surface area contributed by atoms with Crippen LogP contribution in [0.25, 0.3) is 0 Å². The number of halogens is 10. The van der Waals surface area contributed by atoms with Gasteiger partial charge in [-0.05, 0) is 24.6 Å². The molecule has 25 heavy (non-hydrogen) atoms. The normalized spacial score (nSPS) is 16.6. The Morgan fingerprint density at radius 1 is 0.880 bits per heavy atom. The highest BCUT2D eigenvalue weighted by Gasteiger charge is 2.82. The van der Waals surface area contributed by atoms with Gasteiger partial charge in [-0.2, -0.15) is 39.5 Å². The first-order valence-electron chi connectivity index (χ1n) is 6.53. The van der Waals surface area contributed by atoms with Crippen molar-refractivity contribution in [1.82, 2.24) is 0 Å². The molecule has 1 aromatic rings. The van der Waals surface area contributed by atoms with Crippen LogP contribution in [0, 0.1) is 5.82 Å². The van der Waals surface area contributed by atoms with E-state index in [1.165, 1.54) is 0 Å². The van der Waals surface area contributed by atoms with Gasteiger partial charge in [-0.3, -0.25) is 0 Å². The fraction of sp³-hybridized carbons (Fsp3) is 0.571. The fourth-order valence-electron chi connectivity index (χ4n) is 2.05. The van der Waals surface area contributed by atoms with Crippen LogP contribution in [0.2, 0.25) is 0 Å². The Labute approximate surface area is 135 Å². The molecule has 1 rings (SSSR count). The van der Waals surface area contributed by atoms with E-state index in [1.54, 1.807) is 0 Å². The third-order valence-corrected chi connectivity index (χ3v) is 3.65. The molecule has 0 aliphatic rings. The van der Waals surface area contributed by atoms with Gasteiger partial charge in [0, 0.05) is 7.11 Å². The average Bonchev–Trinajstić information content (AvgIpc) is 2.45. The number of hydrogen-bond acceptors (Lipinski definition) is 1. The van der Waals surface area contributed by atoms with E-state index in [2.05, 4.69) is 4.74 Å². The number of hydrogen-bond donors (Lipinski definition) is 0. The fourth-order valence-corrected chi connectivity index (χ4v) is 2.05. The second kappa shape index (κ2) is 6.33. The van der Waals surface area contributed by atoms with E-state index in [9.17, 15) is 43.9 Å². The smallest absolute Gasteiger partial charge is 0.374 e. The molecule has 0 spiro atoms. The van der Waals surface area contributed by atoms with Crippen LogP contribution in [0.3, 0.4) is 0 Å². The first-order chi connectivity index (χ1) is 11.0. The molecule has 1 nitrogen and oxygen atoms in total. The van der Waals surface area contributed by atoms with Gasteiger partial charge in [-0.15, -0.1) is 0 Å². The van der Waals surface area contributed by atoms with Crippen molar-refractivity contribution >= 4 is 0 Å². The van der Waals surface area contributed by atoms with Gasteiger partial charge in [0.2, 0.25) is 0 Å². The van der Waals surface area contributed by atoms with Crippen LogP contribution in [-0.2, 0) is 10.3 Å². The Bertz CT molecular complexity index is 610. The third-order valence-electron chi connectivity index (χ3n) is 3.65. The topological polar surface area (TPSA) is 9.23 Å². The summed E-state index contributed by atoms with van der Waals surface area (Å²) >= 11 is 0. The molecule has 0 saturated heterocycles. The summed E-state index contributed by atoms with van der Waals surface area (Å²) in [5.41, 5.74) is -2.91. The lowest BCUT2D eigenvalue weighted by atomic mass is 9.86. The Hall–Kier alpha value is -1.52. The zero-order valence-corrected chi connectivity index (χ0v) is 12.7. The van der Waals surface area contributed by atoms with Gasteiger partial charge < -0.3 is 4.74 Å². The molecular weight excluding hydrogens is 374 g/mol. The molecule has 11 heteroatoms.